The van der Waals surface area contributed by atoms with E-state index < -0.39 is 0 Å². The van der Waals surface area contributed by atoms with E-state index in [1.54, 1.807) is 0 Å². The largest absolute Gasteiger partial charge is 0.307 e. The van der Waals surface area contributed by atoms with Crippen molar-refractivity contribution >= 4 is 43.6 Å². The van der Waals surface area contributed by atoms with Crippen LogP contribution in [0, 0.1) is 11.3 Å². The van der Waals surface area contributed by atoms with Gasteiger partial charge in [-0.2, -0.15) is 5.26 Å². The van der Waals surface area contributed by atoms with E-state index in [1.165, 1.54) is 0 Å². The molecule has 0 spiro atoms. The lowest BCUT2D eigenvalue weighted by molar-refractivity contribution is 1.07. The Morgan fingerprint density at radius 2 is 0.812 bits per heavy atom. The Kier molecular flexibility index (Phi) is 8.77. The van der Waals surface area contributed by atoms with E-state index in [-0.39, 0.29) is 0 Å². The van der Waals surface area contributed by atoms with E-state index in [9.17, 15) is 5.26 Å². The molecule has 0 aliphatic carbocycles. The van der Waals surface area contributed by atoms with Crippen LogP contribution in [0.5, 0.6) is 0 Å². The monoisotopic (exact) mass is 816 g/mol. The third kappa shape index (κ3) is 6.14. The SMILES string of the molecule is N#Cc1ccc2c3ccccc3n(-c3cccc4c5ccccc5n(-c5cc(-c6nc(-c7ccccc7)nc(-c7ccc(-c8ccccc8)cc7)n6)ccc5-c5ccccc5)c34)c2c1. The molecule has 64 heavy (non-hydrogen) atoms. The maximum atomic E-state index is 10.1. The first kappa shape index (κ1) is 36.9. The summed E-state index contributed by atoms with van der Waals surface area (Å²) in [7, 11) is 0. The fraction of sp³-hybridized carbons (Fsp3) is 0. The van der Waals surface area contributed by atoms with E-state index in [0.717, 1.165) is 93.9 Å². The summed E-state index contributed by atoms with van der Waals surface area (Å²) in [6.07, 6.45) is 0. The molecule has 0 bridgehead atoms. The molecule has 12 rings (SSSR count). The zero-order valence-electron chi connectivity index (χ0n) is 34.5. The van der Waals surface area contributed by atoms with Crippen LogP contribution in [0.15, 0.2) is 218 Å². The maximum absolute atomic E-state index is 10.1. The van der Waals surface area contributed by atoms with Gasteiger partial charge in [0.1, 0.15) is 0 Å². The molecule has 12 aromatic rings. The number of hydrogen-bond donors (Lipinski definition) is 0. The first-order valence-electron chi connectivity index (χ1n) is 21.3. The minimum absolute atomic E-state index is 0.573. The molecule has 298 valence electrons. The fourth-order valence-corrected chi connectivity index (χ4v) is 9.24. The lowest BCUT2D eigenvalue weighted by Crippen LogP contribution is -2.04. The summed E-state index contributed by atoms with van der Waals surface area (Å²) < 4.78 is 4.73. The summed E-state index contributed by atoms with van der Waals surface area (Å²) in [5.41, 5.74) is 13.8. The van der Waals surface area contributed by atoms with E-state index in [2.05, 4.69) is 185 Å². The van der Waals surface area contributed by atoms with Crippen LogP contribution >= 0.6 is 0 Å². The Morgan fingerprint density at radius 1 is 0.328 bits per heavy atom. The summed E-state index contributed by atoms with van der Waals surface area (Å²) in [4.78, 5) is 15.5. The summed E-state index contributed by atoms with van der Waals surface area (Å²) in [6.45, 7) is 0. The Labute approximate surface area is 369 Å². The van der Waals surface area contributed by atoms with Crippen LogP contribution in [-0.4, -0.2) is 24.1 Å². The highest BCUT2D eigenvalue weighted by Gasteiger charge is 2.23. The standard InChI is InChI=1S/C58H36N6/c59-37-38-27-33-48-46-21-10-12-24-50(46)63(53(48)35-38)52-26-14-23-49-47-22-11-13-25-51(47)64(55(49)52)54-36-44(32-34-45(54)41-17-6-2-7-18-41)58-61-56(42-19-8-3-9-20-42)60-57(62-58)43-30-28-40(29-31-43)39-15-4-1-5-16-39/h1-36H. The van der Waals surface area contributed by atoms with Crippen molar-refractivity contribution in [2.24, 2.45) is 0 Å². The normalized spacial score (nSPS) is 11.4. The highest BCUT2D eigenvalue weighted by atomic mass is 15.1. The predicted molar refractivity (Wildman–Crippen MR) is 260 cm³/mol. The van der Waals surface area contributed by atoms with Gasteiger partial charge in [-0.3, -0.25) is 0 Å². The molecule has 0 saturated heterocycles. The maximum Gasteiger partial charge on any atom is 0.164 e. The van der Waals surface area contributed by atoms with Crippen molar-refractivity contribution < 1.29 is 0 Å². The predicted octanol–water partition coefficient (Wildman–Crippen LogP) is 14.3. The van der Waals surface area contributed by atoms with Crippen LogP contribution < -0.4 is 0 Å². The van der Waals surface area contributed by atoms with Crippen LogP contribution in [-0.2, 0) is 0 Å². The van der Waals surface area contributed by atoms with E-state index in [1.807, 2.05) is 48.5 Å². The molecule has 0 N–H and O–H groups in total. The highest BCUT2D eigenvalue weighted by molar-refractivity contribution is 6.15. The van der Waals surface area contributed by atoms with Crippen LogP contribution in [0.1, 0.15) is 5.56 Å². The van der Waals surface area contributed by atoms with Crippen LogP contribution in [0.4, 0.5) is 0 Å². The first-order chi connectivity index (χ1) is 31.7. The third-order valence-electron chi connectivity index (χ3n) is 12.2. The number of nitrogens with zero attached hydrogens (tertiary/aromatic N) is 6. The Balaban J connectivity index is 1.13. The molecular formula is C58H36N6. The average molecular weight is 817 g/mol. The Morgan fingerprint density at radius 3 is 1.48 bits per heavy atom. The number of aromatic nitrogens is 5. The van der Waals surface area contributed by atoms with Gasteiger partial charge in [0.2, 0.25) is 0 Å². The zero-order chi connectivity index (χ0) is 42.6. The molecule has 6 nitrogen and oxygen atoms in total. The van der Waals surface area contributed by atoms with Gasteiger partial charge in [0.05, 0.1) is 45.1 Å². The molecule has 9 aromatic carbocycles. The van der Waals surface area contributed by atoms with E-state index in [0.29, 0.717) is 23.0 Å². The van der Waals surface area contributed by atoms with Gasteiger partial charge in [0, 0.05) is 43.8 Å². The number of rotatable bonds is 7. The molecule has 0 aliphatic rings. The van der Waals surface area contributed by atoms with Gasteiger partial charge in [-0.15, -0.1) is 0 Å². The molecule has 0 unspecified atom stereocenters. The molecule has 3 aromatic heterocycles. The van der Waals surface area contributed by atoms with E-state index >= 15 is 0 Å². The van der Waals surface area contributed by atoms with Crippen molar-refractivity contribution in [2.75, 3.05) is 0 Å². The lowest BCUT2D eigenvalue weighted by Gasteiger charge is -2.18. The van der Waals surface area contributed by atoms with Crippen LogP contribution in [0.3, 0.4) is 0 Å². The van der Waals surface area contributed by atoms with Crippen molar-refractivity contribution in [2.45, 2.75) is 0 Å². The number of hydrogen-bond acceptors (Lipinski definition) is 4. The van der Waals surface area contributed by atoms with Gasteiger partial charge in [0.15, 0.2) is 17.5 Å². The number of para-hydroxylation sites is 3. The van der Waals surface area contributed by atoms with Gasteiger partial charge in [-0.25, -0.2) is 15.0 Å². The third-order valence-corrected chi connectivity index (χ3v) is 12.2. The summed E-state index contributed by atoms with van der Waals surface area (Å²) in [6, 6.07) is 78.1. The Bertz CT molecular complexity index is 3770. The van der Waals surface area contributed by atoms with Crippen molar-refractivity contribution in [3.63, 3.8) is 0 Å². The highest BCUT2D eigenvalue weighted by Crippen LogP contribution is 2.42. The number of fused-ring (bicyclic) bond motifs is 6. The fourth-order valence-electron chi connectivity index (χ4n) is 9.24. The minimum atomic E-state index is 0.573. The van der Waals surface area contributed by atoms with Crippen molar-refractivity contribution in [3.05, 3.63) is 224 Å². The quantitative estimate of drug-likeness (QED) is 0.161. The second-order valence-corrected chi connectivity index (χ2v) is 15.9. The van der Waals surface area contributed by atoms with Crippen LogP contribution in [0.25, 0.3) is 111 Å². The molecule has 0 atom stereocenters. The van der Waals surface area contributed by atoms with Crippen molar-refractivity contribution in [1.29, 1.82) is 5.26 Å². The number of benzene rings is 9. The van der Waals surface area contributed by atoms with Gasteiger partial charge in [-0.05, 0) is 53.1 Å². The number of nitriles is 1. The molecule has 6 heteroatoms. The van der Waals surface area contributed by atoms with Gasteiger partial charge in [0.25, 0.3) is 0 Å². The summed E-state index contributed by atoms with van der Waals surface area (Å²) in [5.74, 6) is 1.77. The van der Waals surface area contributed by atoms with Crippen molar-refractivity contribution in [1.82, 2.24) is 24.1 Å². The lowest BCUT2D eigenvalue weighted by atomic mass is 10.0. The molecular weight excluding hydrogens is 781 g/mol. The second-order valence-electron chi connectivity index (χ2n) is 15.9. The molecule has 0 aliphatic heterocycles. The first-order valence-corrected chi connectivity index (χ1v) is 21.3. The zero-order valence-corrected chi connectivity index (χ0v) is 34.5. The minimum Gasteiger partial charge on any atom is -0.307 e. The van der Waals surface area contributed by atoms with Crippen LogP contribution in [0.2, 0.25) is 0 Å². The smallest absolute Gasteiger partial charge is 0.164 e. The van der Waals surface area contributed by atoms with E-state index in [4.69, 9.17) is 15.0 Å². The summed E-state index contributed by atoms with van der Waals surface area (Å²) >= 11 is 0. The molecule has 3 heterocycles. The molecule has 0 amide bonds. The Hall–Kier alpha value is -8.92. The molecule has 0 fully saturated rings. The average Bonchev–Trinajstić information content (AvgIpc) is 3.89. The van der Waals surface area contributed by atoms with Crippen molar-refractivity contribution in [3.8, 4) is 73.9 Å². The van der Waals surface area contributed by atoms with Gasteiger partial charge >= 0.3 is 0 Å². The van der Waals surface area contributed by atoms with Gasteiger partial charge in [-0.1, -0.05) is 182 Å². The summed E-state index contributed by atoms with van der Waals surface area (Å²) in [5, 5.41) is 14.6. The molecule has 0 radical (unpaired) electrons. The topological polar surface area (TPSA) is 72.3 Å². The second kappa shape index (κ2) is 15.2. The molecule has 0 saturated carbocycles. The van der Waals surface area contributed by atoms with Gasteiger partial charge < -0.3 is 9.13 Å².